The number of alkyl halides is 3. The zero-order chi connectivity index (χ0) is 31.7. The standard InChI is InChI=1S/C40H25F3N4/c41-40(42,43)26-19-23-28(24-20-26)47-38-32-12-4-2-10-30(32)29-9-1-3-11-31(29)37(38)45-39(47)25-17-21-27(22-18-25)46-35-15-7-5-13-33(35)44-34-14-6-8-16-36(34)46/h1-24,44H. The normalized spacial score (nSPS) is 12.7. The Morgan fingerprint density at radius 1 is 0.511 bits per heavy atom. The Morgan fingerprint density at radius 2 is 1.02 bits per heavy atom. The summed E-state index contributed by atoms with van der Waals surface area (Å²) in [6, 6.07) is 46.2. The summed E-state index contributed by atoms with van der Waals surface area (Å²) in [5.74, 6) is 0.647. The van der Waals surface area contributed by atoms with Gasteiger partial charge in [-0.3, -0.25) is 4.57 Å². The van der Waals surface area contributed by atoms with Gasteiger partial charge in [0.1, 0.15) is 5.82 Å². The molecule has 0 aliphatic carbocycles. The van der Waals surface area contributed by atoms with Crippen molar-refractivity contribution in [2.24, 2.45) is 0 Å². The molecular formula is C40H25F3N4. The van der Waals surface area contributed by atoms with E-state index in [4.69, 9.17) is 4.98 Å². The molecule has 1 N–H and O–H groups in total. The second-order valence-electron chi connectivity index (χ2n) is 11.6. The number of rotatable bonds is 3. The first-order valence-electron chi connectivity index (χ1n) is 15.3. The summed E-state index contributed by atoms with van der Waals surface area (Å²) in [6.45, 7) is 0. The van der Waals surface area contributed by atoms with Crippen LogP contribution in [0.3, 0.4) is 0 Å². The molecule has 7 heteroatoms. The van der Waals surface area contributed by atoms with Crippen LogP contribution in [-0.2, 0) is 6.18 Å². The summed E-state index contributed by atoms with van der Waals surface area (Å²) in [4.78, 5) is 7.47. The third kappa shape index (κ3) is 4.27. The van der Waals surface area contributed by atoms with Crippen LogP contribution in [-0.4, -0.2) is 9.55 Å². The summed E-state index contributed by atoms with van der Waals surface area (Å²) in [5.41, 5.74) is 7.47. The number of halogens is 3. The molecule has 2 heterocycles. The fraction of sp³-hybridized carbons (Fsp3) is 0.0250. The number of hydrogen-bond acceptors (Lipinski definition) is 3. The van der Waals surface area contributed by atoms with Crippen molar-refractivity contribution in [2.45, 2.75) is 6.18 Å². The lowest BCUT2D eigenvalue weighted by Crippen LogP contribution is -2.17. The molecule has 7 aromatic carbocycles. The molecule has 0 unspecified atom stereocenters. The number of anilines is 5. The van der Waals surface area contributed by atoms with Gasteiger partial charge in [0.2, 0.25) is 0 Å². The maximum atomic E-state index is 13.6. The monoisotopic (exact) mass is 618 g/mol. The van der Waals surface area contributed by atoms with E-state index in [0.29, 0.717) is 11.5 Å². The molecule has 1 aliphatic heterocycles. The second-order valence-corrected chi connectivity index (χ2v) is 11.6. The highest BCUT2D eigenvalue weighted by molar-refractivity contribution is 6.24. The third-order valence-electron chi connectivity index (χ3n) is 8.93. The molecule has 0 saturated carbocycles. The number of para-hydroxylation sites is 4. The van der Waals surface area contributed by atoms with Crippen LogP contribution in [0.5, 0.6) is 0 Å². The molecule has 0 fully saturated rings. The Labute approximate surface area is 268 Å². The minimum atomic E-state index is -4.43. The first kappa shape index (κ1) is 27.2. The Kier molecular flexibility index (Phi) is 5.93. The lowest BCUT2D eigenvalue weighted by atomic mass is 10.00. The molecule has 0 spiro atoms. The van der Waals surface area contributed by atoms with Crippen molar-refractivity contribution in [1.29, 1.82) is 0 Å². The predicted molar refractivity (Wildman–Crippen MR) is 184 cm³/mol. The summed E-state index contributed by atoms with van der Waals surface area (Å²) in [6.07, 6.45) is -4.43. The average Bonchev–Trinajstić information content (AvgIpc) is 3.52. The number of hydrogen-bond donors (Lipinski definition) is 1. The highest BCUT2D eigenvalue weighted by atomic mass is 19.4. The van der Waals surface area contributed by atoms with Gasteiger partial charge in [0, 0.05) is 27.7 Å². The summed E-state index contributed by atoms with van der Waals surface area (Å²) >= 11 is 0. The van der Waals surface area contributed by atoms with Gasteiger partial charge in [-0.1, -0.05) is 72.8 Å². The third-order valence-corrected chi connectivity index (χ3v) is 8.93. The lowest BCUT2D eigenvalue weighted by molar-refractivity contribution is -0.137. The van der Waals surface area contributed by atoms with Crippen molar-refractivity contribution in [3.8, 4) is 17.1 Å². The topological polar surface area (TPSA) is 33.1 Å². The molecule has 0 saturated heterocycles. The number of nitrogens with zero attached hydrogens (tertiary/aromatic N) is 3. The van der Waals surface area contributed by atoms with Gasteiger partial charge >= 0.3 is 6.18 Å². The molecular weight excluding hydrogens is 593 g/mol. The Balaban J connectivity index is 1.28. The van der Waals surface area contributed by atoms with Crippen LogP contribution in [0.4, 0.5) is 41.6 Å². The number of aromatic nitrogens is 2. The number of fused-ring (bicyclic) bond motifs is 8. The van der Waals surface area contributed by atoms with Crippen LogP contribution in [0.15, 0.2) is 146 Å². The number of nitrogens with one attached hydrogen (secondary N) is 1. The van der Waals surface area contributed by atoms with Gasteiger partial charge in [-0.15, -0.1) is 0 Å². The van der Waals surface area contributed by atoms with Crippen molar-refractivity contribution in [3.05, 3.63) is 151 Å². The molecule has 1 aliphatic rings. The maximum Gasteiger partial charge on any atom is 0.416 e. The maximum absolute atomic E-state index is 13.6. The fourth-order valence-corrected chi connectivity index (χ4v) is 6.81. The summed E-state index contributed by atoms with van der Waals surface area (Å²) in [7, 11) is 0. The second kappa shape index (κ2) is 10.2. The Morgan fingerprint density at radius 3 is 1.64 bits per heavy atom. The zero-order valence-corrected chi connectivity index (χ0v) is 24.8. The molecule has 8 aromatic rings. The van der Waals surface area contributed by atoms with Gasteiger partial charge in [-0.2, -0.15) is 13.2 Å². The molecule has 0 bridgehead atoms. The van der Waals surface area contributed by atoms with Gasteiger partial charge in [0.05, 0.1) is 39.3 Å². The van der Waals surface area contributed by atoms with Gasteiger partial charge in [0.15, 0.2) is 0 Å². The molecule has 226 valence electrons. The number of imidazole rings is 1. The molecule has 4 nitrogen and oxygen atoms in total. The molecule has 0 atom stereocenters. The van der Waals surface area contributed by atoms with Crippen LogP contribution in [0, 0.1) is 0 Å². The zero-order valence-electron chi connectivity index (χ0n) is 24.8. The van der Waals surface area contributed by atoms with E-state index >= 15 is 0 Å². The van der Waals surface area contributed by atoms with E-state index in [9.17, 15) is 13.2 Å². The average molecular weight is 619 g/mol. The molecule has 47 heavy (non-hydrogen) atoms. The van der Waals surface area contributed by atoms with Crippen molar-refractivity contribution in [2.75, 3.05) is 10.2 Å². The first-order chi connectivity index (χ1) is 23.0. The van der Waals surface area contributed by atoms with E-state index in [1.54, 1.807) is 0 Å². The summed E-state index contributed by atoms with van der Waals surface area (Å²) in [5, 5.41) is 7.63. The Bertz CT molecular complexity index is 2430. The van der Waals surface area contributed by atoms with E-state index in [-0.39, 0.29) is 0 Å². The van der Waals surface area contributed by atoms with Crippen molar-refractivity contribution in [3.63, 3.8) is 0 Å². The van der Waals surface area contributed by atoms with E-state index < -0.39 is 11.7 Å². The molecule has 9 rings (SSSR count). The molecule has 1 aromatic heterocycles. The fourth-order valence-electron chi connectivity index (χ4n) is 6.81. The molecule has 0 radical (unpaired) electrons. The highest BCUT2D eigenvalue weighted by Gasteiger charge is 2.30. The van der Waals surface area contributed by atoms with Gasteiger partial charge in [0.25, 0.3) is 0 Å². The van der Waals surface area contributed by atoms with Gasteiger partial charge in [-0.25, -0.2) is 4.98 Å². The van der Waals surface area contributed by atoms with Crippen LogP contribution in [0.25, 0.3) is 49.7 Å². The van der Waals surface area contributed by atoms with Crippen LogP contribution < -0.4 is 10.2 Å². The van der Waals surface area contributed by atoms with Gasteiger partial charge in [-0.05, 0) is 83.6 Å². The number of benzene rings is 7. The van der Waals surface area contributed by atoms with Crippen molar-refractivity contribution >= 4 is 61.0 Å². The minimum absolute atomic E-state index is 0.602. The quantitative estimate of drug-likeness (QED) is 0.200. The van der Waals surface area contributed by atoms with Crippen LogP contribution in [0.2, 0.25) is 0 Å². The largest absolute Gasteiger partial charge is 0.416 e. The first-order valence-corrected chi connectivity index (χ1v) is 15.3. The SMILES string of the molecule is FC(F)(F)c1ccc(-n2c(-c3ccc(N4c5ccccc5Nc5ccccc54)cc3)nc3c4ccccc4c4ccccc4c32)cc1. The van der Waals surface area contributed by atoms with Crippen molar-refractivity contribution < 1.29 is 13.2 Å². The smallest absolute Gasteiger partial charge is 0.352 e. The Hall–Kier alpha value is -6.08. The van der Waals surface area contributed by atoms with E-state index in [2.05, 4.69) is 70.9 Å². The van der Waals surface area contributed by atoms with E-state index in [1.807, 2.05) is 65.2 Å². The van der Waals surface area contributed by atoms with E-state index in [0.717, 1.165) is 78.7 Å². The molecule has 0 amide bonds. The minimum Gasteiger partial charge on any atom is -0.352 e. The van der Waals surface area contributed by atoms with Crippen LogP contribution in [0.1, 0.15) is 5.56 Å². The lowest BCUT2D eigenvalue weighted by Gasteiger charge is -2.34. The summed E-state index contributed by atoms with van der Waals surface area (Å²) < 4.78 is 42.8. The van der Waals surface area contributed by atoms with E-state index in [1.165, 1.54) is 12.1 Å². The predicted octanol–water partition coefficient (Wildman–Crippen LogP) is 11.5. The van der Waals surface area contributed by atoms with Crippen LogP contribution >= 0.6 is 0 Å². The van der Waals surface area contributed by atoms with Gasteiger partial charge < -0.3 is 10.2 Å². The van der Waals surface area contributed by atoms with Crippen molar-refractivity contribution in [1.82, 2.24) is 9.55 Å². The highest BCUT2D eigenvalue weighted by Crippen LogP contribution is 2.48.